The number of halogens is 1. The van der Waals surface area contributed by atoms with Crippen LogP contribution in [-0.2, 0) is 6.54 Å². The molecule has 0 aliphatic carbocycles. The van der Waals surface area contributed by atoms with Crippen molar-refractivity contribution < 1.29 is 9.21 Å². The topological polar surface area (TPSA) is 91.0 Å². The molecule has 0 amide bonds. The van der Waals surface area contributed by atoms with Crippen LogP contribution >= 0.6 is 23.8 Å². The molecule has 0 aliphatic rings. The molecule has 24 heavy (non-hydrogen) atoms. The third-order valence-corrected chi connectivity index (χ3v) is 4.27. The van der Waals surface area contributed by atoms with Gasteiger partial charge in [-0.1, -0.05) is 23.7 Å². The Morgan fingerprint density at radius 3 is 2.92 bits per heavy atom. The Morgan fingerprint density at radius 2 is 2.21 bits per heavy atom. The number of hydrogen-bond acceptors (Lipinski definition) is 6. The summed E-state index contributed by atoms with van der Waals surface area (Å²) in [6, 6.07) is 8.61. The second-order valence-corrected chi connectivity index (χ2v) is 5.83. The zero-order valence-corrected chi connectivity index (χ0v) is 14.3. The van der Waals surface area contributed by atoms with E-state index in [9.17, 15) is 4.79 Å². The van der Waals surface area contributed by atoms with Crippen molar-refractivity contribution in [3.63, 3.8) is 0 Å². The van der Waals surface area contributed by atoms with Gasteiger partial charge in [0.2, 0.25) is 16.6 Å². The van der Waals surface area contributed by atoms with Crippen LogP contribution in [0, 0.1) is 11.7 Å². The fourth-order valence-electron chi connectivity index (χ4n) is 2.22. The SMILES string of the molecule is Cc1c(Cl)cccc1C(=O)Cn1nc(N)n(Nc2ccco2)c1=S. The number of benzene rings is 1. The van der Waals surface area contributed by atoms with Crippen LogP contribution in [0.2, 0.25) is 5.02 Å². The molecule has 0 fully saturated rings. The highest BCUT2D eigenvalue weighted by Crippen LogP contribution is 2.20. The molecule has 2 aromatic heterocycles. The van der Waals surface area contributed by atoms with E-state index >= 15 is 0 Å². The second-order valence-electron chi connectivity index (χ2n) is 5.06. The number of carbonyl (C=O) groups excluding carboxylic acids is 1. The average molecular weight is 364 g/mol. The number of carbonyl (C=O) groups is 1. The van der Waals surface area contributed by atoms with Crippen molar-refractivity contribution in [1.82, 2.24) is 14.5 Å². The molecule has 3 aromatic rings. The first kappa shape index (κ1) is 16.3. The standard InChI is InChI=1S/C15H14ClN5O2S/c1-9-10(4-2-5-11(9)16)12(22)8-20-15(24)21(14(17)19-20)18-13-6-3-7-23-13/h2-7,18H,8H2,1H3,(H2,17,19). The van der Waals surface area contributed by atoms with Gasteiger partial charge in [0, 0.05) is 16.7 Å². The van der Waals surface area contributed by atoms with Gasteiger partial charge in [-0.25, -0.2) is 4.68 Å². The average Bonchev–Trinajstić information content (AvgIpc) is 3.14. The molecule has 0 radical (unpaired) electrons. The van der Waals surface area contributed by atoms with Crippen molar-refractivity contribution in [2.45, 2.75) is 13.5 Å². The molecule has 0 atom stereocenters. The first-order valence-corrected chi connectivity index (χ1v) is 7.80. The van der Waals surface area contributed by atoms with E-state index in [2.05, 4.69) is 10.5 Å². The quantitative estimate of drug-likeness (QED) is 0.533. The first-order valence-electron chi connectivity index (χ1n) is 7.01. The van der Waals surface area contributed by atoms with Gasteiger partial charge >= 0.3 is 0 Å². The number of nitrogen functional groups attached to an aromatic ring is 1. The van der Waals surface area contributed by atoms with E-state index in [1.807, 2.05) is 0 Å². The summed E-state index contributed by atoms with van der Waals surface area (Å²) in [4.78, 5) is 12.5. The van der Waals surface area contributed by atoms with Crippen molar-refractivity contribution in [3.8, 4) is 0 Å². The summed E-state index contributed by atoms with van der Waals surface area (Å²) in [5.74, 6) is 0.412. The van der Waals surface area contributed by atoms with Gasteiger partial charge in [0.1, 0.15) is 6.54 Å². The molecule has 9 heteroatoms. The maximum atomic E-state index is 12.5. The molecule has 0 aliphatic heterocycles. The molecular weight excluding hydrogens is 350 g/mol. The number of nitrogens with two attached hydrogens (primary N) is 1. The van der Waals surface area contributed by atoms with Crippen molar-refractivity contribution in [3.05, 3.63) is 57.5 Å². The third-order valence-electron chi connectivity index (χ3n) is 3.47. The van der Waals surface area contributed by atoms with Crippen LogP contribution in [0.4, 0.5) is 11.8 Å². The van der Waals surface area contributed by atoms with Crippen molar-refractivity contribution in [2.24, 2.45) is 0 Å². The van der Waals surface area contributed by atoms with E-state index in [0.717, 1.165) is 5.56 Å². The number of aromatic nitrogens is 3. The van der Waals surface area contributed by atoms with Crippen molar-refractivity contribution >= 4 is 41.4 Å². The minimum absolute atomic E-state index is 0.0446. The van der Waals surface area contributed by atoms with Crippen LogP contribution in [0.15, 0.2) is 41.0 Å². The molecule has 0 bridgehead atoms. The summed E-state index contributed by atoms with van der Waals surface area (Å²) >= 11 is 11.4. The number of nitrogens with zero attached hydrogens (tertiary/aromatic N) is 3. The number of Topliss-reactive ketones (excluding diaryl/α,β-unsaturated/α-hetero) is 1. The molecule has 7 nitrogen and oxygen atoms in total. The molecule has 0 saturated carbocycles. The predicted molar refractivity (Wildman–Crippen MR) is 93.7 cm³/mol. The van der Waals surface area contributed by atoms with Crippen LogP contribution in [-0.4, -0.2) is 20.2 Å². The molecule has 0 unspecified atom stereocenters. The van der Waals surface area contributed by atoms with Gasteiger partial charge in [0.15, 0.2) is 5.78 Å². The summed E-state index contributed by atoms with van der Waals surface area (Å²) in [6.07, 6.45) is 1.51. The molecule has 2 heterocycles. The lowest BCUT2D eigenvalue weighted by molar-refractivity contribution is 0.0966. The van der Waals surface area contributed by atoms with Crippen LogP contribution in [0.5, 0.6) is 0 Å². The Kier molecular flexibility index (Phi) is 4.41. The lowest BCUT2D eigenvalue weighted by atomic mass is 10.1. The van der Waals surface area contributed by atoms with Gasteiger partial charge in [-0.05, 0) is 36.8 Å². The molecule has 124 valence electrons. The Labute approximate surface area is 147 Å². The molecular formula is C15H14ClN5O2S. The lowest BCUT2D eigenvalue weighted by Gasteiger charge is -2.06. The second kappa shape index (κ2) is 6.50. The normalized spacial score (nSPS) is 10.8. The number of rotatable bonds is 5. The fourth-order valence-corrected chi connectivity index (χ4v) is 2.63. The zero-order chi connectivity index (χ0) is 17.3. The Bertz CT molecular complexity index is 945. The van der Waals surface area contributed by atoms with Gasteiger partial charge < -0.3 is 10.2 Å². The monoisotopic (exact) mass is 363 g/mol. The lowest BCUT2D eigenvalue weighted by Crippen LogP contribution is -2.15. The number of ketones is 1. The highest BCUT2D eigenvalue weighted by molar-refractivity contribution is 7.71. The Balaban J connectivity index is 1.87. The van der Waals surface area contributed by atoms with Gasteiger partial charge in [0.25, 0.3) is 0 Å². The van der Waals surface area contributed by atoms with Crippen LogP contribution < -0.4 is 11.2 Å². The predicted octanol–water partition coefficient (Wildman–Crippen LogP) is 3.31. The van der Waals surface area contributed by atoms with E-state index in [0.29, 0.717) is 16.5 Å². The molecule has 1 aromatic carbocycles. The fraction of sp³-hybridized carbons (Fsp3) is 0.133. The summed E-state index contributed by atoms with van der Waals surface area (Å²) in [6.45, 7) is 1.75. The van der Waals surface area contributed by atoms with Crippen LogP contribution in [0.3, 0.4) is 0 Å². The number of furan rings is 1. The van der Waals surface area contributed by atoms with Crippen molar-refractivity contribution in [2.75, 3.05) is 11.2 Å². The van der Waals surface area contributed by atoms with Gasteiger partial charge in [0.05, 0.1) is 6.26 Å². The highest BCUT2D eigenvalue weighted by Gasteiger charge is 2.15. The smallest absolute Gasteiger partial charge is 0.240 e. The maximum Gasteiger partial charge on any atom is 0.240 e. The molecule has 3 rings (SSSR count). The van der Waals surface area contributed by atoms with E-state index in [1.165, 1.54) is 15.6 Å². The zero-order valence-electron chi connectivity index (χ0n) is 12.7. The van der Waals surface area contributed by atoms with Crippen LogP contribution in [0.25, 0.3) is 0 Å². The van der Waals surface area contributed by atoms with E-state index in [-0.39, 0.29) is 23.0 Å². The molecule has 3 N–H and O–H groups in total. The molecule has 0 spiro atoms. The number of hydrogen-bond donors (Lipinski definition) is 2. The first-order chi connectivity index (χ1) is 11.5. The summed E-state index contributed by atoms with van der Waals surface area (Å²) in [5, 5.41) is 4.64. The van der Waals surface area contributed by atoms with E-state index < -0.39 is 0 Å². The highest BCUT2D eigenvalue weighted by atomic mass is 35.5. The summed E-state index contributed by atoms with van der Waals surface area (Å²) < 4.78 is 8.15. The largest absolute Gasteiger partial charge is 0.447 e. The minimum Gasteiger partial charge on any atom is -0.447 e. The third kappa shape index (κ3) is 3.06. The molecule has 0 saturated heterocycles. The Hall–Kier alpha value is -2.58. The van der Waals surface area contributed by atoms with Crippen LogP contribution in [0.1, 0.15) is 15.9 Å². The summed E-state index contributed by atoms with van der Waals surface area (Å²) in [7, 11) is 0. The number of nitrogens with one attached hydrogen (secondary N) is 1. The van der Waals surface area contributed by atoms with Gasteiger partial charge in [-0.15, -0.1) is 5.10 Å². The Morgan fingerprint density at radius 1 is 1.42 bits per heavy atom. The van der Waals surface area contributed by atoms with E-state index in [4.69, 9.17) is 34.0 Å². The maximum absolute atomic E-state index is 12.5. The number of anilines is 2. The van der Waals surface area contributed by atoms with Gasteiger partial charge in [-0.3, -0.25) is 10.2 Å². The van der Waals surface area contributed by atoms with Gasteiger partial charge in [-0.2, -0.15) is 4.68 Å². The minimum atomic E-state index is -0.159. The van der Waals surface area contributed by atoms with E-state index in [1.54, 1.807) is 37.3 Å². The van der Waals surface area contributed by atoms with Crippen molar-refractivity contribution in [1.29, 1.82) is 0 Å². The summed E-state index contributed by atoms with van der Waals surface area (Å²) in [5.41, 5.74) is 9.98.